The van der Waals surface area contributed by atoms with E-state index in [0.717, 1.165) is 0 Å². The molecule has 25 heavy (non-hydrogen) atoms. The maximum atomic E-state index is 2.36. The molecule has 0 aliphatic rings. The third-order valence-corrected chi connectivity index (χ3v) is 6.50. The molecule has 3 aromatic carbocycles. The molecule has 3 aromatic rings. The van der Waals surface area contributed by atoms with E-state index in [1.54, 1.807) is 0 Å². The second-order valence-corrected chi connectivity index (χ2v) is 8.18. The quantitative estimate of drug-likeness (QED) is 0.535. The van der Waals surface area contributed by atoms with Crippen LogP contribution in [0.3, 0.4) is 0 Å². The summed E-state index contributed by atoms with van der Waals surface area (Å²) < 4.78 is 7.07. The van der Waals surface area contributed by atoms with Gasteiger partial charge < -0.3 is 14.0 Å². The standard InChI is InChI=1S/C21H24N3P/c1-22(19-13-7-4-8-14-19)25(23(2)20-15-9-5-10-16-20)24(3)21-17-11-6-12-18-21/h4-18H,1-3H3. The van der Waals surface area contributed by atoms with Crippen LogP contribution in [0.4, 0.5) is 17.1 Å². The van der Waals surface area contributed by atoms with Crippen molar-refractivity contribution < 1.29 is 0 Å². The fourth-order valence-corrected chi connectivity index (χ4v) is 5.07. The summed E-state index contributed by atoms with van der Waals surface area (Å²) in [5.41, 5.74) is 3.62. The van der Waals surface area contributed by atoms with Crippen LogP contribution in [0.1, 0.15) is 0 Å². The second-order valence-electron chi connectivity index (χ2n) is 5.85. The summed E-state index contributed by atoms with van der Waals surface area (Å²) in [6.45, 7) is 0. The van der Waals surface area contributed by atoms with E-state index in [0.29, 0.717) is 0 Å². The maximum absolute atomic E-state index is 2.36. The molecule has 0 fully saturated rings. The topological polar surface area (TPSA) is 9.72 Å². The normalized spacial score (nSPS) is 10.6. The minimum Gasteiger partial charge on any atom is -0.320 e. The number of anilines is 3. The molecule has 0 N–H and O–H groups in total. The van der Waals surface area contributed by atoms with Crippen LogP contribution in [-0.2, 0) is 0 Å². The molecule has 0 unspecified atom stereocenters. The predicted octanol–water partition coefficient (Wildman–Crippen LogP) is 5.62. The van der Waals surface area contributed by atoms with Crippen LogP contribution in [0.25, 0.3) is 0 Å². The lowest BCUT2D eigenvalue weighted by atomic mass is 10.3. The van der Waals surface area contributed by atoms with Gasteiger partial charge in [-0.15, -0.1) is 0 Å². The van der Waals surface area contributed by atoms with Gasteiger partial charge in [-0.25, -0.2) is 0 Å². The van der Waals surface area contributed by atoms with E-state index in [9.17, 15) is 0 Å². The summed E-state index contributed by atoms with van der Waals surface area (Å²) in [4.78, 5) is 0. The molecule has 0 heterocycles. The predicted molar refractivity (Wildman–Crippen MR) is 111 cm³/mol. The summed E-state index contributed by atoms with van der Waals surface area (Å²) >= 11 is 0. The Morgan fingerprint density at radius 3 is 0.920 bits per heavy atom. The Bertz CT molecular complexity index is 657. The van der Waals surface area contributed by atoms with Crippen LogP contribution >= 0.6 is 8.37 Å². The Hall–Kier alpha value is -2.51. The highest BCUT2D eigenvalue weighted by atomic mass is 31.2. The molecule has 0 aliphatic heterocycles. The Morgan fingerprint density at radius 1 is 0.440 bits per heavy atom. The average Bonchev–Trinajstić information content (AvgIpc) is 2.70. The van der Waals surface area contributed by atoms with Gasteiger partial charge >= 0.3 is 0 Å². The molecule has 128 valence electrons. The monoisotopic (exact) mass is 349 g/mol. The number of rotatable bonds is 6. The van der Waals surface area contributed by atoms with E-state index in [4.69, 9.17) is 0 Å². The molecule has 0 saturated heterocycles. The molecular formula is C21H24N3P. The van der Waals surface area contributed by atoms with Crippen molar-refractivity contribution in [2.45, 2.75) is 0 Å². The number of hydrogen-bond acceptors (Lipinski definition) is 3. The molecule has 0 saturated carbocycles. The van der Waals surface area contributed by atoms with Gasteiger partial charge in [-0.2, -0.15) is 0 Å². The Balaban J connectivity index is 1.99. The van der Waals surface area contributed by atoms with Crippen LogP contribution in [0, 0.1) is 0 Å². The largest absolute Gasteiger partial charge is 0.320 e. The van der Waals surface area contributed by atoms with Crippen LogP contribution in [0.15, 0.2) is 91.0 Å². The Morgan fingerprint density at radius 2 is 0.680 bits per heavy atom. The van der Waals surface area contributed by atoms with E-state index in [1.807, 2.05) is 0 Å². The molecule has 4 heteroatoms. The lowest BCUT2D eigenvalue weighted by molar-refractivity contribution is 1.19. The van der Waals surface area contributed by atoms with E-state index in [2.05, 4.69) is 126 Å². The van der Waals surface area contributed by atoms with E-state index in [1.165, 1.54) is 17.1 Å². The number of nitrogens with zero attached hydrogens (tertiary/aromatic N) is 3. The van der Waals surface area contributed by atoms with Crippen molar-refractivity contribution in [2.75, 3.05) is 35.2 Å². The lowest BCUT2D eigenvalue weighted by Gasteiger charge is -2.42. The first-order chi connectivity index (χ1) is 12.2. The highest BCUT2D eigenvalue weighted by molar-refractivity contribution is 7.62. The van der Waals surface area contributed by atoms with Gasteiger partial charge in [0.25, 0.3) is 0 Å². The van der Waals surface area contributed by atoms with Crippen molar-refractivity contribution >= 4 is 25.4 Å². The third-order valence-electron chi connectivity index (χ3n) is 4.19. The van der Waals surface area contributed by atoms with Crippen molar-refractivity contribution in [3.8, 4) is 0 Å². The second kappa shape index (κ2) is 8.04. The first kappa shape index (κ1) is 17.3. The van der Waals surface area contributed by atoms with Crippen LogP contribution in [0.2, 0.25) is 0 Å². The van der Waals surface area contributed by atoms with E-state index in [-0.39, 0.29) is 0 Å². The summed E-state index contributed by atoms with van der Waals surface area (Å²) in [5, 5.41) is 0. The van der Waals surface area contributed by atoms with Crippen LogP contribution in [0.5, 0.6) is 0 Å². The average molecular weight is 349 g/mol. The van der Waals surface area contributed by atoms with Gasteiger partial charge in [-0.05, 0) is 36.4 Å². The molecule has 3 nitrogen and oxygen atoms in total. The van der Waals surface area contributed by atoms with Gasteiger partial charge in [-0.1, -0.05) is 54.6 Å². The lowest BCUT2D eigenvalue weighted by Crippen LogP contribution is -2.32. The first-order valence-electron chi connectivity index (χ1n) is 8.34. The van der Waals surface area contributed by atoms with E-state index < -0.39 is 8.37 Å². The molecule has 0 amide bonds. The van der Waals surface area contributed by atoms with Crippen molar-refractivity contribution in [2.24, 2.45) is 0 Å². The molecule has 0 bridgehead atoms. The van der Waals surface area contributed by atoms with Gasteiger partial charge in [0.05, 0.1) is 0 Å². The van der Waals surface area contributed by atoms with Gasteiger partial charge in [0.1, 0.15) is 0 Å². The van der Waals surface area contributed by atoms with Gasteiger partial charge in [0.15, 0.2) is 0 Å². The number of para-hydroxylation sites is 3. The van der Waals surface area contributed by atoms with Gasteiger partial charge in [0, 0.05) is 38.2 Å². The molecule has 0 radical (unpaired) electrons. The number of benzene rings is 3. The van der Waals surface area contributed by atoms with E-state index >= 15 is 0 Å². The smallest absolute Gasteiger partial charge is 0.207 e. The van der Waals surface area contributed by atoms with Crippen LogP contribution in [-0.4, -0.2) is 21.1 Å². The molecule has 3 rings (SSSR count). The third kappa shape index (κ3) is 3.94. The fraction of sp³-hybridized carbons (Fsp3) is 0.143. The minimum absolute atomic E-state index is 0.773. The summed E-state index contributed by atoms with van der Waals surface area (Å²) in [6, 6.07) is 31.7. The Labute approximate surface area is 152 Å². The summed E-state index contributed by atoms with van der Waals surface area (Å²) in [6.07, 6.45) is 0. The maximum Gasteiger partial charge on any atom is 0.207 e. The SMILES string of the molecule is CN(c1ccccc1)P(N(C)c1ccccc1)N(C)c1ccccc1. The highest BCUT2D eigenvalue weighted by Crippen LogP contribution is 2.51. The van der Waals surface area contributed by atoms with Crippen molar-refractivity contribution in [1.82, 2.24) is 0 Å². The first-order valence-corrected chi connectivity index (χ1v) is 9.54. The van der Waals surface area contributed by atoms with Crippen molar-refractivity contribution in [3.63, 3.8) is 0 Å². The van der Waals surface area contributed by atoms with Crippen molar-refractivity contribution in [3.05, 3.63) is 91.0 Å². The molecule has 0 aromatic heterocycles. The molecular weight excluding hydrogens is 325 g/mol. The van der Waals surface area contributed by atoms with Gasteiger partial charge in [0.2, 0.25) is 8.37 Å². The number of hydrogen-bond donors (Lipinski definition) is 0. The Kier molecular flexibility index (Phi) is 5.57. The minimum atomic E-state index is -0.773. The summed E-state index contributed by atoms with van der Waals surface area (Å²) in [5.74, 6) is 0. The zero-order chi connectivity index (χ0) is 17.6. The zero-order valence-corrected chi connectivity index (χ0v) is 15.8. The fourth-order valence-electron chi connectivity index (χ4n) is 2.84. The molecule has 0 spiro atoms. The van der Waals surface area contributed by atoms with Crippen LogP contribution < -0.4 is 14.0 Å². The van der Waals surface area contributed by atoms with Crippen molar-refractivity contribution in [1.29, 1.82) is 0 Å². The molecule has 0 aliphatic carbocycles. The molecule has 0 atom stereocenters. The highest BCUT2D eigenvalue weighted by Gasteiger charge is 2.26. The zero-order valence-electron chi connectivity index (χ0n) is 14.9. The summed E-state index contributed by atoms with van der Waals surface area (Å²) in [7, 11) is 5.73. The van der Waals surface area contributed by atoms with Gasteiger partial charge in [-0.3, -0.25) is 0 Å².